The van der Waals surface area contributed by atoms with E-state index in [2.05, 4.69) is 12.1 Å². The molecule has 5 aromatic carbocycles. The Hall–Kier alpha value is -5.21. The van der Waals surface area contributed by atoms with E-state index in [9.17, 15) is 14.9 Å². The number of benzene rings is 5. The minimum Gasteiger partial charge on any atom is -0.488 e. The van der Waals surface area contributed by atoms with E-state index >= 15 is 0 Å². The second-order valence-corrected chi connectivity index (χ2v) is 11.5. The first-order valence-corrected chi connectivity index (χ1v) is 15.0. The van der Waals surface area contributed by atoms with Crippen LogP contribution in [-0.2, 0) is 17.8 Å². The fourth-order valence-corrected chi connectivity index (χ4v) is 5.97. The Morgan fingerprint density at radius 1 is 0.864 bits per heavy atom. The van der Waals surface area contributed by atoms with E-state index in [0.29, 0.717) is 28.8 Å². The molecule has 0 radical (unpaired) electrons. The first kappa shape index (κ1) is 28.9. The molecule has 44 heavy (non-hydrogen) atoms. The summed E-state index contributed by atoms with van der Waals surface area (Å²) in [4.78, 5) is 31.8. The van der Waals surface area contributed by atoms with Gasteiger partial charge in [-0.2, -0.15) is 0 Å². The first-order valence-electron chi connectivity index (χ1n) is 14.2. The summed E-state index contributed by atoms with van der Waals surface area (Å²) in [6, 6.07) is 36.2. The van der Waals surface area contributed by atoms with Crippen molar-refractivity contribution in [2.75, 3.05) is 6.54 Å². The zero-order chi connectivity index (χ0) is 30.5. The quantitative estimate of drug-likeness (QED) is 0.0964. The first-order chi connectivity index (χ1) is 21.4. The predicted molar refractivity (Wildman–Crippen MR) is 177 cm³/mol. The van der Waals surface area contributed by atoms with E-state index in [-0.39, 0.29) is 18.2 Å². The van der Waals surface area contributed by atoms with Crippen LogP contribution in [0, 0.1) is 17.0 Å². The minimum absolute atomic E-state index is 0.0292. The van der Waals surface area contributed by atoms with Gasteiger partial charge in [0.25, 0.3) is 11.6 Å². The zero-order valence-corrected chi connectivity index (χ0v) is 24.9. The fourth-order valence-electron chi connectivity index (χ4n) is 4.96. The number of hydrogen-bond acceptors (Lipinski definition) is 6. The van der Waals surface area contributed by atoms with Gasteiger partial charge in [-0.15, -0.1) is 0 Å². The maximum absolute atomic E-state index is 14.0. The second-order valence-electron chi connectivity index (χ2n) is 10.4. The largest absolute Gasteiger partial charge is 0.488 e. The van der Waals surface area contributed by atoms with Crippen molar-refractivity contribution < 1.29 is 14.5 Å². The lowest BCUT2D eigenvalue weighted by molar-refractivity contribution is -0.384. The Balaban J connectivity index is 1.35. The van der Waals surface area contributed by atoms with Gasteiger partial charge in [-0.25, -0.2) is 4.99 Å². The molecule has 1 aliphatic heterocycles. The molecular formula is C36H29N3O4S. The van der Waals surface area contributed by atoms with Gasteiger partial charge in [0.2, 0.25) is 0 Å². The summed E-state index contributed by atoms with van der Waals surface area (Å²) in [7, 11) is 0. The minimum atomic E-state index is -0.423. The van der Waals surface area contributed by atoms with Crippen molar-refractivity contribution >= 4 is 51.1 Å². The molecule has 0 aliphatic carbocycles. The van der Waals surface area contributed by atoms with Gasteiger partial charge in [0.15, 0.2) is 5.17 Å². The second kappa shape index (κ2) is 13.0. The van der Waals surface area contributed by atoms with Gasteiger partial charge in [0.05, 0.1) is 15.5 Å². The summed E-state index contributed by atoms with van der Waals surface area (Å²) in [6.07, 6.45) is 2.60. The number of carbonyl (C=O) groups is 1. The number of ether oxygens (including phenoxy) is 1. The van der Waals surface area contributed by atoms with Crippen molar-refractivity contribution in [3.63, 3.8) is 0 Å². The number of nitro groups is 1. The van der Waals surface area contributed by atoms with Crippen LogP contribution in [0.25, 0.3) is 16.8 Å². The number of nitrogens with zero attached hydrogens (tertiary/aromatic N) is 3. The summed E-state index contributed by atoms with van der Waals surface area (Å²) in [5.41, 5.74) is 4.70. The van der Waals surface area contributed by atoms with Crippen LogP contribution in [-0.4, -0.2) is 27.4 Å². The average molecular weight is 600 g/mol. The third kappa shape index (κ3) is 6.55. The summed E-state index contributed by atoms with van der Waals surface area (Å²) in [5, 5.41) is 13.7. The highest BCUT2D eigenvalue weighted by atomic mass is 32.2. The van der Waals surface area contributed by atoms with E-state index in [0.717, 1.165) is 38.7 Å². The zero-order valence-electron chi connectivity index (χ0n) is 24.1. The van der Waals surface area contributed by atoms with Crippen LogP contribution < -0.4 is 4.74 Å². The van der Waals surface area contributed by atoms with Crippen molar-refractivity contribution in [2.45, 2.75) is 20.0 Å². The SMILES string of the molecule is Cc1ccc(N=C2S/C(=C/c3c(OCc4ccc([N+](=O)[O-])cc4)ccc4ccccc34)C(=O)N2CCc2ccccc2)cc1. The maximum atomic E-state index is 14.0. The van der Waals surface area contributed by atoms with Gasteiger partial charge >= 0.3 is 0 Å². The molecule has 1 heterocycles. The number of aliphatic imine (C=N–C) groups is 1. The number of nitro benzene ring substituents is 1. The summed E-state index contributed by atoms with van der Waals surface area (Å²) in [5.74, 6) is 0.508. The van der Waals surface area contributed by atoms with E-state index in [1.165, 1.54) is 23.9 Å². The van der Waals surface area contributed by atoms with Gasteiger partial charge in [0, 0.05) is 24.2 Å². The Kier molecular flexibility index (Phi) is 8.52. The number of aryl methyl sites for hydroxylation is 1. The number of amides is 1. The number of fused-ring (bicyclic) bond motifs is 1. The van der Waals surface area contributed by atoms with E-state index in [1.807, 2.05) is 91.9 Å². The molecule has 5 aromatic rings. The lowest BCUT2D eigenvalue weighted by atomic mass is 10.0. The molecule has 0 aromatic heterocycles. The number of hydrogen-bond donors (Lipinski definition) is 0. The Bertz CT molecular complexity index is 1890. The standard InChI is InChI=1S/C36H29N3O4S/c1-25-11-16-29(17-12-25)37-36-38(22-21-26-7-3-2-4-8-26)35(40)34(44-36)23-32-31-10-6-5-9-28(31)15-20-33(32)43-24-27-13-18-30(19-14-27)39(41)42/h2-20,23H,21-22,24H2,1H3/b34-23+,37-36?. The average Bonchev–Trinajstić information content (AvgIpc) is 3.34. The predicted octanol–water partition coefficient (Wildman–Crippen LogP) is 8.48. The van der Waals surface area contributed by atoms with Crippen molar-refractivity contribution in [2.24, 2.45) is 4.99 Å². The topological polar surface area (TPSA) is 85.0 Å². The summed E-state index contributed by atoms with van der Waals surface area (Å²) >= 11 is 1.36. The van der Waals surface area contributed by atoms with Gasteiger partial charge in [-0.3, -0.25) is 19.8 Å². The monoisotopic (exact) mass is 599 g/mol. The summed E-state index contributed by atoms with van der Waals surface area (Å²) < 4.78 is 6.26. The van der Waals surface area contributed by atoms with Gasteiger partial charge in [0.1, 0.15) is 12.4 Å². The van der Waals surface area contributed by atoms with Crippen molar-refractivity contribution in [3.05, 3.63) is 153 Å². The lowest BCUT2D eigenvalue weighted by Gasteiger charge is -2.16. The molecule has 0 atom stereocenters. The van der Waals surface area contributed by atoms with Crippen molar-refractivity contribution in [1.29, 1.82) is 0 Å². The molecule has 0 unspecified atom stereocenters. The molecule has 6 rings (SSSR count). The number of non-ortho nitro benzene ring substituents is 1. The normalized spacial score (nSPS) is 14.9. The van der Waals surface area contributed by atoms with Crippen molar-refractivity contribution in [3.8, 4) is 5.75 Å². The third-order valence-electron chi connectivity index (χ3n) is 7.36. The van der Waals surface area contributed by atoms with Crippen LogP contribution in [0.5, 0.6) is 5.75 Å². The van der Waals surface area contributed by atoms with Crippen molar-refractivity contribution in [1.82, 2.24) is 4.90 Å². The van der Waals surface area contributed by atoms with Gasteiger partial charge in [-0.1, -0.05) is 78.4 Å². The van der Waals surface area contributed by atoms with Gasteiger partial charge < -0.3 is 4.74 Å². The summed E-state index contributed by atoms with van der Waals surface area (Å²) in [6.45, 7) is 2.75. The molecule has 218 valence electrons. The third-order valence-corrected chi connectivity index (χ3v) is 8.37. The van der Waals surface area contributed by atoms with Crippen LogP contribution in [0.15, 0.2) is 125 Å². The smallest absolute Gasteiger partial charge is 0.269 e. The molecule has 1 amide bonds. The highest BCUT2D eigenvalue weighted by molar-refractivity contribution is 8.18. The molecular weight excluding hydrogens is 570 g/mol. The number of thioether (sulfide) groups is 1. The highest BCUT2D eigenvalue weighted by Crippen LogP contribution is 2.38. The Labute approximate surface area is 259 Å². The molecule has 1 aliphatic rings. The number of amidine groups is 1. The molecule has 8 heteroatoms. The van der Waals surface area contributed by atoms with E-state index in [4.69, 9.17) is 9.73 Å². The van der Waals surface area contributed by atoms with Crippen LogP contribution in [0.1, 0.15) is 22.3 Å². The number of rotatable bonds is 9. The Morgan fingerprint density at radius 2 is 1.59 bits per heavy atom. The molecule has 0 saturated carbocycles. The number of carbonyl (C=O) groups excluding carboxylic acids is 1. The van der Waals surface area contributed by atoms with Crippen LogP contribution in [0.4, 0.5) is 11.4 Å². The fraction of sp³-hybridized carbons (Fsp3) is 0.111. The highest BCUT2D eigenvalue weighted by Gasteiger charge is 2.33. The molecule has 0 spiro atoms. The lowest BCUT2D eigenvalue weighted by Crippen LogP contribution is -2.31. The molecule has 7 nitrogen and oxygen atoms in total. The molecule has 0 N–H and O–H groups in total. The molecule has 1 saturated heterocycles. The van der Waals surface area contributed by atoms with Crippen LogP contribution >= 0.6 is 11.8 Å². The maximum Gasteiger partial charge on any atom is 0.269 e. The van der Waals surface area contributed by atoms with E-state index in [1.54, 1.807) is 17.0 Å². The Morgan fingerprint density at radius 3 is 2.34 bits per heavy atom. The van der Waals surface area contributed by atoms with E-state index < -0.39 is 4.92 Å². The molecule has 1 fully saturated rings. The van der Waals surface area contributed by atoms with Gasteiger partial charge in [-0.05, 0) is 83.4 Å². The molecule has 0 bridgehead atoms. The van der Waals surface area contributed by atoms with Crippen LogP contribution in [0.3, 0.4) is 0 Å². The van der Waals surface area contributed by atoms with Crippen LogP contribution in [0.2, 0.25) is 0 Å².